The summed E-state index contributed by atoms with van der Waals surface area (Å²) in [5, 5.41) is 0. The molecule has 0 radical (unpaired) electrons. The van der Waals surface area contributed by atoms with Gasteiger partial charge in [0.25, 0.3) is 0 Å². The number of methoxy groups -OCH3 is 2. The number of carbonyl (C=O) groups is 2. The van der Waals surface area contributed by atoms with Gasteiger partial charge in [0.1, 0.15) is 29.6 Å². The van der Waals surface area contributed by atoms with Gasteiger partial charge in [0.15, 0.2) is 5.78 Å². The number of carbonyl (C=O) groups excluding carboxylic acids is 2. The number of hydrogen-bond acceptors (Lipinski definition) is 6. The van der Waals surface area contributed by atoms with Crippen LogP contribution in [0.5, 0.6) is 23.0 Å². The van der Waals surface area contributed by atoms with E-state index in [0.29, 0.717) is 40.7 Å². The molecular formula is C26H24O6. The number of ether oxygens (including phenoxy) is 4. The molecule has 164 valence electrons. The lowest BCUT2D eigenvalue weighted by atomic mass is 10.1. The maximum absolute atomic E-state index is 12.8. The van der Waals surface area contributed by atoms with E-state index in [-0.39, 0.29) is 5.78 Å². The second-order valence-corrected chi connectivity index (χ2v) is 6.83. The van der Waals surface area contributed by atoms with Crippen LogP contribution in [0.2, 0.25) is 0 Å². The molecule has 0 N–H and O–H groups in total. The van der Waals surface area contributed by atoms with Crippen molar-refractivity contribution < 1.29 is 28.5 Å². The standard InChI is InChI=1S/C26H24O6/c1-18(27)32-22-11-9-20(25(16-22)31-17-19-7-5-4-6-8-19)10-14-24(28)23-13-12-21(29-2)15-26(23)30-3/h4-16H,17H2,1-3H3. The van der Waals surface area contributed by atoms with E-state index in [1.807, 2.05) is 30.3 Å². The summed E-state index contributed by atoms with van der Waals surface area (Å²) in [5.41, 5.74) is 2.06. The van der Waals surface area contributed by atoms with Gasteiger partial charge in [-0.3, -0.25) is 9.59 Å². The van der Waals surface area contributed by atoms with Gasteiger partial charge in [0.2, 0.25) is 0 Å². The Morgan fingerprint density at radius 2 is 1.56 bits per heavy atom. The monoisotopic (exact) mass is 432 g/mol. The smallest absolute Gasteiger partial charge is 0.308 e. The maximum atomic E-state index is 12.8. The van der Waals surface area contributed by atoms with Crippen LogP contribution < -0.4 is 18.9 Å². The molecule has 0 aliphatic heterocycles. The minimum Gasteiger partial charge on any atom is -0.497 e. The van der Waals surface area contributed by atoms with Crippen LogP contribution in [-0.4, -0.2) is 26.0 Å². The van der Waals surface area contributed by atoms with Crippen LogP contribution >= 0.6 is 0 Å². The molecule has 3 rings (SSSR count). The first-order valence-electron chi connectivity index (χ1n) is 9.94. The normalized spacial score (nSPS) is 10.6. The summed E-state index contributed by atoms with van der Waals surface area (Å²) in [4.78, 5) is 24.1. The average molecular weight is 432 g/mol. The molecule has 0 atom stereocenters. The van der Waals surface area contributed by atoms with Crippen molar-refractivity contribution in [2.45, 2.75) is 13.5 Å². The van der Waals surface area contributed by atoms with E-state index in [1.165, 1.54) is 20.1 Å². The zero-order valence-corrected chi connectivity index (χ0v) is 18.2. The van der Waals surface area contributed by atoms with Gasteiger partial charge in [0, 0.05) is 24.6 Å². The molecule has 6 nitrogen and oxygen atoms in total. The molecular weight excluding hydrogens is 408 g/mol. The molecule has 0 fully saturated rings. The molecule has 0 amide bonds. The van der Waals surface area contributed by atoms with Crippen molar-refractivity contribution >= 4 is 17.8 Å². The lowest BCUT2D eigenvalue weighted by Gasteiger charge is -2.12. The van der Waals surface area contributed by atoms with Crippen molar-refractivity contribution in [3.63, 3.8) is 0 Å². The van der Waals surface area contributed by atoms with E-state index >= 15 is 0 Å². The van der Waals surface area contributed by atoms with Crippen LogP contribution in [0, 0.1) is 0 Å². The lowest BCUT2D eigenvalue weighted by Crippen LogP contribution is -2.03. The number of benzene rings is 3. The van der Waals surface area contributed by atoms with Crippen molar-refractivity contribution in [2.24, 2.45) is 0 Å². The van der Waals surface area contributed by atoms with Crippen LogP contribution in [0.25, 0.3) is 6.08 Å². The molecule has 0 saturated heterocycles. The quantitative estimate of drug-likeness (QED) is 0.203. The van der Waals surface area contributed by atoms with Gasteiger partial charge in [-0.25, -0.2) is 0 Å². The van der Waals surface area contributed by atoms with Gasteiger partial charge in [0.05, 0.1) is 19.8 Å². The molecule has 0 aliphatic carbocycles. The minimum atomic E-state index is -0.427. The Bertz CT molecular complexity index is 1120. The van der Waals surface area contributed by atoms with E-state index in [0.717, 1.165) is 5.56 Å². The summed E-state index contributed by atoms with van der Waals surface area (Å²) in [5.74, 6) is 1.20. The van der Waals surface area contributed by atoms with Crippen molar-refractivity contribution in [2.75, 3.05) is 14.2 Å². The first-order chi connectivity index (χ1) is 15.5. The first kappa shape index (κ1) is 22.6. The Morgan fingerprint density at radius 3 is 2.25 bits per heavy atom. The predicted molar refractivity (Wildman–Crippen MR) is 121 cm³/mol. The average Bonchev–Trinajstić information content (AvgIpc) is 2.81. The van der Waals surface area contributed by atoms with Gasteiger partial charge in [-0.1, -0.05) is 30.3 Å². The number of esters is 1. The van der Waals surface area contributed by atoms with Gasteiger partial charge < -0.3 is 18.9 Å². The summed E-state index contributed by atoms with van der Waals surface area (Å²) in [6.07, 6.45) is 3.10. The Hall–Kier alpha value is -4.06. The maximum Gasteiger partial charge on any atom is 0.308 e. The first-order valence-corrected chi connectivity index (χ1v) is 9.94. The van der Waals surface area contributed by atoms with E-state index in [2.05, 4.69) is 0 Å². The lowest BCUT2D eigenvalue weighted by molar-refractivity contribution is -0.131. The zero-order valence-electron chi connectivity index (χ0n) is 18.2. The minimum absolute atomic E-state index is 0.234. The highest BCUT2D eigenvalue weighted by Gasteiger charge is 2.12. The topological polar surface area (TPSA) is 71.1 Å². The third kappa shape index (κ3) is 5.98. The molecule has 0 aliphatic rings. The van der Waals surface area contributed by atoms with Crippen molar-refractivity contribution in [3.05, 3.63) is 89.5 Å². The zero-order chi connectivity index (χ0) is 22.9. The highest BCUT2D eigenvalue weighted by molar-refractivity contribution is 6.08. The summed E-state index contributed by atoms with van der Waals surface area (Å²) >= 11 is 0. The van der Waals surface area contributed by atoms with Crippen molar-refractivity contribution in [1.29, 1.82) is 0 Å². The third-order valence-corrected chi connectivity index (χ3v) is 4.57. The van der Waals surface area contributed by atoms with E-state index in [9.17, 15) is 9.59 Å². The van der Waals surface area contributed by atoms with Crippen LogP contribution in [-0.2, 0) is 11.4 Å². The largest absolute Gasteiger partial charge is 0.497 e. The Balaban J connectivity index is 1.86. The van der Waals surface area contributed by atoms with Gasteiger partial charge in [-0.2, -0.15) is 0 Å². The Kier molecular flexibility index (Phi) is 7.65. The molecule has 0 spiro atoms. The van der Waals surface area contributed by atoms with Gasteiger partial charge in [-0.15, -0.1) is 0 Å². The van der Waals surface area contributed by atoms with E-state index in [4.69, 9.17) is 18.9 Å². The molecule has 3 aromatic carbocycles. The molecule has 0 heterocycles. The molecule has 3 aromatic rings. The number of allylic oxidation sites excluding steroid dienone is 1. The SMILES string of the molecule is COc1ccc(C(=O)C=Cc2ccc(OC(C)=O)cc2OCc2ccccc2)c(OC)c1. The summed E-state index contributed by atoms with van der Waals surface area (Å²) in [6, 6.07) is 19.7. The third-order valence-electron chi connectivity index (χ3n) is 4.57. The molecule has 0 aromatic heterocycles. The van der Waals surface area contributed by atoms with Crippen molar-refractivity contribution in [1.82, 2.24) is 0 Å². The van der Waals surface area contributed by atoms with Crippen LogP contribution in [0.4, 0.5) is 0 Å². The number of ketones is 1. The van der Waals surface area contributed by atoms with Crippen LogP contribution in [0.15, 0.2) is 72.8 Å². The second kappa shape index (κ2) is 10.8. The highest BCUT2D eigenvalue weighted by Crippen LogP contribution is 2.29. The summed E-state index contributed by atoms with van der Waals surface area (Å²) in [7, 11) is 3.05. The van der Waals surface area contributed by atoms with Crippen molar-refractivity contribution in [3.8, 4) is 23.0 Å². The number of hydrogen-bond donors (Lipinski definition) is 0. The fourth-order valence-corrected chi connectivity index (χ4v) is 3.00. The molecule has 32 heavy (non-hydrogen) atoms. The highest BCUT2D eigenvalue weighted by atomic mass is 16.5. The Labute approximate surface area is 187 Å². The fourth-order valence-electron chi connectivity index (χ4n) is 3.00. The van der Waals surface area contributed by atoms with Gasteiger partial charge in [-0.05, 0) is 42.0 Å². The molecule has 6 heteroatoms. The van der Waals surface area contributed by atoms with Crippen LogP contribution in [0.3, 0.4) is 0 Å². The van der Waals surface area contributed by atoms with E-state index < -0.39 is 5.97 Å². The van der Waals surface area contributed by atoms with Gasteiger partial charge >= 0.3 is 5.97 Å². The van der Waals surface area contributed by atoms with E-state index in [1.54, 1.807) is 49.6 Å². The summed E-state index contributed by atoms with van der Waals surface area (Å²) in [6.45, 7) is 1.66. The fraction of sp³-hybridized carbons (Fsp3) is 0.154. The molecule has 0 bridgehead atoms. The molecule has 0 saturated carbocycles. The van der Waals surface area contributed by atoms with Crippen LogP contribution in [0.1, 0.15) is 28.4 Å². The number of rotatable bonds is 9. The Morgan fingerprint density at radius 1 is 0.844 bits per heavy atom. The predicted octanol–water partition coefficient (Wildman–Crippen LogP) is 5.10. The molecule has 0 unspecified atom stereocenters. The second-order valence-electron chi connectivity index (χ2n) is 6.83. The summed E-state index contributed by atoms with van der Waals surface area (Å²) < 4.78 is 21.6.